The van der Waals surface area contributed by atoms with Crippen LogP contribution in [0.1, 0.15) is 56.9 Å². The molecular weight excluding hydrogens is 368 g/mol. The molecule has 146 valence electrons. The van der Waals surface area contributed by atoms with Crippen molar-refractivity contribution in [1.82, 2.24) is 0 Å². The third kappa shape index (κ3) is 6.71. The molecular formula is C20H30O4S2. The maximum Gasteiger partial charge on any atom is 0.169 e. The maximum atomic E-state index is 10.7. The SMILES string of the molecule is Cc1ccc(S(=O)(=O)[O-])cc1.O=CC[S+]1CCCCC1C1CCCCC1. The Balaban J connectivity index is 0.000000197. The number of benzene rings is 1. The smallest absolute Gasteiger partial charge is 0.169 e. The first-order chi connectivity index (χ1) is 12.4. The van der Waals surface area contributed by atoms with E-state index >= 15 is 0 Å². The average molecular weight is 399 g/mol. The maximum absolute atomic E-state index is 10.7. The van der Waals surface area contributed by atoms with Crippen LogP contribution in [-0.4, -0.2) is 36.0 Å². The van der Waals surface area contributed by atoms with Gasteiger partial charge in [0, 0.05) is 5.92 Å². The molecule has 1 saturated heterocycles. The van der Waals surface area contributed by atoms with Gasteiger partial charge in [0.15, 0.2) is 12.0 Å². The molecule has 0 spiro atoms. The van der Waals surface area contributed by atoms with E-state index in [0.717, 1.165) is 22.5 Å². The van der Waals surface area contributed by atoms with Crippen molar-refractivity contribution >= 4 is 27.3 Å². The van der Waals surface area contributed by atoms with Crippen LogP contribution in [0.25, 0.3) is 0 Å². The van der Waals surface area contributed by atoms with Gasteiger partial charge < -0.3 is 4.55 Å². The molecule has 1 aliphatic carbocycles. The van der Waals surface area contributed by atoms with Gasteiger partial charge in [0.05, 0.1) is 4.90 Å². The summed E-state index contributed by atoms with van der Waals surface area (Å²) in [6.07, 6.45) is 12.6. The van der Waals surface area contributed by atoms with Gasteiger partial charge in [-0.25, -0.2) is 8.42 Å². The van der Waals surface area contributed by atoms with Gasteiger partial charge in [0.2, 0.25) is 0 Å². The van der Waals surface area contributed by atoms with Crippen LogP contribution in [0.2, 0.25) is 0 Å². The number of hydrogen-bond donors (Lipinski definition) is 0. The zero-order chi connectivity index (χ0) is 19.0. The predicted octanol–water partition coefficient (Wildman–Crippen LogP) is 3.84. The Hall–Kier alpha value is -0.850. The lowest BCUT2D eigenvalue weighted by Crippen LogP contribution is -2.38. The minimum atomic E-state index is -4.27. The predicted molar refractivity (Wildman–Crippen MR) is 107 cm³/mol. The van der Waals surface area contributed by atoms with Gasteiger partial charge in [-0.2, -0.15) is 0 Å². The number of hydrogen-bond acceptors (Lipinski definition) is 4. The first kappa shape index (κ1) is 21.5. The van der Waals surface area contributed by atoms with Crippen LogP contribution in [0.3, 0.4) is 0 Å². The quantitative estimate of drug-likeness (QED) is 0.439. The number of carbonyl (C=O) groups is 1. The highest BCUT2D eigenvalue weighted by molar-refractivity contribution is 7.98. The van der Waals surface area contributed by atoms with E-state index in [2.05, 4.69) is 0 Å². The molecule has 6 heteroatoms. The van der Waals surface area contributed by atoms with Gasteiger partial charge in [-0.1, -0.05) is 37.0 Å². The monoisotopic (exact) mass is 398 g/mol. The Morgan fingerprint density at radius 2 is 1.65 bits per heavy atom. The molecule has 0 amide bonds. The summed E-state index contributed by atoms with van der Waals surface area (Å²) < 4.78 is 31.2. The Bertz CT molecular complexity index is 649. The summed E-state index contributed by atoms with van der Waals surface area (Å²) in [4.78, 5) is 10.5. The van der Waals surface area contributed by atoms with Crippen LogP contribution in [0.4, 0.5) is 0 Å². The molecule has 4 nitrogen and oxygen atoms in total. The van der Waals surface area contributed by atoms with Crippen molar-refractivity contribution in [3.63, 3.8) is 0 Å². The average Bonchev–Trinajstić information content (AvgIpc) is 2.63. The third-order valence-electron chi connectivity index (χ3n) is 5.34. The van der Waals surface area contributed by atoms with E-state index in [1.54, 1.807) is 12.1 Å². The van der Waals surface area contributed by atoms with Crippen LogP contribution in [0.15, 0.2) is 29.2 Å². The van der Waals surface area contributed by atoms with E-state index in [-0.39, 0.29) is 4.90 Å². The summed E-state index contributed by atoms with van der Waals surface area (Å²) in [7, 11) is -3.82. The fourth-order valence-corrected chi connectivity index (χ4v) is 7.22. The van der Waals surface area contributed by atoms with Crippen molar-refractivity contribution in [2.24, 2.45) is 5.92 Å². The van der Waals surface area contributed by atoms with E-state index < -0.39 is 10.1 Å². The largest absolute Gasteiger partial charge is 0.744 e. The van der Waals surface area contributed by atoms with Crippen molar-refractivity contribution in [1.29, 1.82) is 0 Å². The summed E-state index contributed by atoms with van der Waals surface area (Å²) in [6.45, 7) is 1.82. The van der Waals surface area contributed by atoms with Crippen molar-refractivity contribution in [3.8, 4) is 0 Å². The van der Waals surface area contributed by atoms with Gasteiger partial charge >= 0.3 is 0 Å². The zero-order valence-electron chi connectivity index (χ0n) is 15.6. The summed E-state index contributed by atoms with van der Waals surface area (Å²) in [5.41, 5.74) is 0.928. The molecule has 2 aliphatic rings. The molecule has 26 heavy (non-hydrogen) atoms. The van der Waals surface area contributed by atoms with E-state index in [0.29, 0.717) is 10.9 Å². The molecule has 2 unspecified atom stereocenters. The van der Waals surface area contributed by atoms with Gasteiger partial charge in [-0.3, -0.25) is 4.79 Å². The van der Waals surface area contributed by atoms with E-state index in [1.165, 1.54) is 75.5 Å². The fourth-order valence-electron chi connectivity index (χ4n) is 3.96. The molecule has 1 aromatic carbocycles. The number of rotatable bonds is 4. The summed E-state index contributed by atoms with van der Waals surface area (Å²) in [5.74, 6) is 3.18. The first-order valence-corrected chi connectivity index (χ1v) is 12.6. The topological polar surface area (TPSA) is 74.3 Å². The molecule has 1 aromatic rings. The minimum absolute atomic E-state index is 0.178. The second-order valence-electron chi connectivity index (χ2n) is 7.27. The summed E-state index contributed by atoms with van der Waals surface area (Å²) in [6, 6.07) is 5.78. The molecule has 1 aliphatic heterocycles. The lowest BCUT2D eigenvalue weighted by Gasteiger charge is -2.32. The second-order valence-corrected chi connectivity index (χ2v) is 11.1. The highest BCUT2D eigenvalue weighted by Gasteiger charge is 2.39. The molecule has 0 bridgehead atoms. The summed E-state index contributed by atoms with van der Waals surface area (Å²) >= 11 is 0. The summed E-state index contributed by atoms with van der Waals surface area (Å²) in [5, 5.41) is 0.921. The van der Waals surface area contributed by atoms with Crippen molar-refractivity contribution in [3.05, 3.63) is 29.8 Å². The minimum Gasteiger partial charge on any atom is -0.744 e. The van der Waals surface area contributed by atoms with Crippen LogP contribution < -0.4 is 0 Å². The Morgan fingerprint density at radius 1 is 1.04 bits per heavy atom. The fraction of sp³-hybridized carbons (Fsp3) is 0.650. The van der Waals surface area contributed by atoms with Crippen LogP contribution >= 0.6 is 0 Å². The molecule has 0 radical (unpaired) electrons. The first-order valence-electron chi connectivity index (χ1n) is 9.54. The van der Waals surface area contributed by atoms with Gasteiger partial charge in [0.25, 0.3) is 0 Å². The highest BCUT2D eigenvalue weighted by Crippen LogP contribution is 2.35. The molecule has 2 atom stereocenters. The zero-order valence-corrected chi connectivity index (χ0v) is 17.2. The lowest BCUT2D eigenvalue weighted by atomic mass is 9.85. The number of aryl methyl sites for hydroxylation is 1. The molecule has 1 heterocycles. The van der Waals surface area contributed by atoms with Gasteiger partial charge in [-0.15, -0.1) is 0 Å². The van der Waals surface area contributed by atoms with E-state index in [4.69, 9.17) is 0 Å². The second kappa shape index (κ2) is 10.5. The Morgan fingerprint density at radius 3 is 2.23 bits per heavy atom. The standard InChI is InChI=1S/C13H23OS.C7H8O3S/c14-9-11-15-10-5-4-8-13(15)12-6-2-1-3-7-12;1-6-2-4-7(5-3-6)11(8,9)10/h9,12-13H,1-8,10-11H2;2-5H,1H3,(H,8,9,10)/q+1;/p-1. The van der Waals surface area contributed by atoms with Crippen LogP contribution in [-0.2, 0) is 25.8 Å². The number of aldehydes is 1. The lowest BCUT2D eigenvalue weighted by molar-refractivity contribution is -0.105. The molecule has 1 saturated carbocycles. The van der Waals surface area contributed by atoms with Gasteiger partial charge in [-0.05, 0) is 62.1 Å². The molecule has 3 rings (SSSR count). The Kier molecular flexibility index (Phi) is 8.64. The molecule has 2 fully saturated rings. The Labute approximate surface area is 160 Å². The highest BCUT2D eigenvalue weighted by atomic mass is 32.2. The van der Waals surface area contributed by atoms with Crippen molar-refractivity contribution < 1.29 is 17.8 Å². The van der Waals surface area contributed by atoms with Crippen molar-refractivity contribution in [2.75, 3.05) is 11.5 Å². The third-order valence-corrected chi connectivity index (χ3v) is 9.04. The van der Waals surface area contributed by atoms with E-state index in [9.17, 15) is 17.8 Å². The molecule has 0 aromatic heterocycles. The number of carbonyl (C=O) groups excluding carboxylic acids is 1. The molecule has 0 N–H and O–H groups in total. The van der Waals surface area contributed by atoms with Gasteiger partial charge in [0.1, 0.15) is 21.1 Å². The van der Waals surface area contributed by atoms with Crippen molar-refractivity contribution in [2.45, 2.75) is 68.4 Å². The normalized spacial score (nSPS) is 24.4. The van der Waals surface area contributed by atoms with E-state index in [1.807, 2.05) is 6.92 Å². The van der Waals surface area contributed by atoms with Crippen LogP contribution in [0.5, 0.6) is 0 Å². The van der Waals surface area contributed by atoms with Crippen LogP contribution in [0, 0.1) is 12.8 Å².